The molecule has 8 heteroatoms. The van der Waals surface area contributed by atoms with Crippen molar-refractivity contribution in [2.24, 2.45) is 0 Å². The summed E-state index contributed by atoms with van der Waals surface area (Å²) in [6.07, 6.45) is -0.916. The number of para-hydroxylation sites is 2. The van der Waals surface area contributed by atoms with Gasteiger partial charge in [-0.1, -0.05) is 42.5 Å². The summed E-state index contributed by atoms with van der Waals surface area (Å²) in [6.45, 7) is -0.535. The van der Waals surface area contributed by atoms with Crippen molar-refractivity contribution in [2.45, 2.75) is 6.10 Å². The molecule has 0 fully saturated rings. The van der Waals surface area contributed by atoms with Gasteiger partial charge in [-0.2, -0.15) is 0 Å². The maximum absolute atomic E-state index is 12.2. The number of carbonyl (C=O) groups is 3. The lowest BCUT2D eigenvalue weighted by atomic mass is 10.1. The highest BCUT2D eigenvalue weighted by Gasteiger charge is 2.27. The van der Waals surface area contributed by atoms with Crippen molar-refractivity contribution in [2.75, 3.05) is 13.2 Å². The molecule has 0 saturated carbocycles. The molecule has 1 atom stereocenters. The van der Waals surface area contributed by atoms with Crippen molar-refractivity contribution < 1.29 is 28.6 Å². The molecular formula is C22H18N2O6. The number of fused-ring (bicyclic) bond motifs is 2. The zero-order valence-electron chi connectivity index (χ0n) is 15.8. The highest BCUT2D eigenvalue weighted by Crippen LogP contribution is 2.30. The van der Waals surface area contributed by atoms with E-state index < -0.39 is 30.5 Å². The molecular weight excluding hydrogens is 388 g/mol. The van der Waals surface area contributed by atoms with Crippen LogP contribution in [0.4, 0.5) is 0 Å². The summed E-state index contributed by atoms with van der Waals surface area (Å²) in [6, 6.07) is 19.7. The Morgan fingerprint density at radius 3 is 2.47 bits per heavy atom. The SMILES string of the molecule is O=C(COC(=O)c1ccc2ccccc2c1)NNC(=O)[C@@H]1COc2ccccc2O1. The molecule has 3 aromatic rings. The Morgan fingerprint density at radius 1 is 0.900 bits per heavy atom. The van der Waals surface area contributed by atoms with Gasteiger partial charge >= 0.3 is 5.97 Å². The fourth-order valence-corrected chi connectivity index (χ4v) is 2.93. The van der Waals surface area contributed by atoms with Crippen LogP contribution in [-0.4, -0.2) is 37.1 Å². The maximum atomic E-state index is 12.2. The molecule has 2 amide bonds. The Labute approximate surface area is 171 Å². The summed E-state index contributed by atoms with van der Waals surface area (Å²) in [4.78, 5) is 36.2. The molecule has 0 spiro atoms. The third-order valence-corrected chi connectivity index (χ3v) is 4.45. The Bertz CT molecular complexity index is 1110. The molecule has 1 heterocycles. The van der Waals surface area contributed by atoms with E-state index in [-0.39, 0.29) is 6.61 Å². The Morgan fingerprint density at radius 2 is 1.63 bits per heavy atom. The first kappa shape index (κ1) is 19.3. The molecule has 0 aliphatic carbocycles. The van der Waals surface area contributed by atoms with Gasteiger partial charge < -0.3 is 14.2 Å². The van der Waals surface area contributed by atoms with Crippen molar-refractivity contribution in [3.05, 3.63) is 72.3 Å². The number of hydrazine groups is 1. The number of amides is 2. The highest BCUT2D eigenvalue weighted by atomic mass is 16.6. The lowest BCUT2D eigenvalue weighted by Gasteiger charge is -2.25. The van der Waals surface area contributed by atoms with E-state index in [1.165, 1.54) is 0 Å². The molecule has 0 radical (unpaired) electrons. The average molecular weight is 406 g/mol. The van der Waals surface area contributed by atoms with Crippen LogP contribution in [0.2, 0.25) is 0 Å². The molecule has 2 N–H and O–H groups in total. The lowest BCUT2D eigenvalue weighted by Crippen LogP contribution is -2.51. The summed E-state index contributed by atoms with van der Waals surface area (Å²) in [5.74, 6) is -0.915. The zero-order valence-corrected chi connectivity index (χ0v) is 15.8. The largest absolute Gasteiger partial charge is 0.485 e. The molecule has 1 aliphatic heterocycles. The molecule has 152 valence electrons. The fourth-order valence-electron chi connectivity index (χ4n) is 2.93. The fraction of sp³-hybridized carbons (Fsp3) is 0.136. The van der Waals surface area contributed by atoms with Gasteiger partial charge in [-0.3, -0.25) is 20.4 Å². The van der Waals surface area contributed by atoms with Gasteiger partial charge in [0.15, 0.2) is 18.1 Å². The van der Waals surface area contributed by atoms with Crippen molar-refractivity contribution in [3.63, 3.8) is 0 Å². The second kappa shape index (κ2) is 8.52. The van der Waals surface area contributed by atoms with Gasteiger partial charge in [0, 0.05) is 0 Å². The summed E-state index contributed by atoms with van der Waals surface area (Å²) >= 11 is 0. The quantitative estimate of drug-likeness (QED) is 0.507. The second-order valence-electron chi connectivity index (χ2n) is 6.54. The summed E-state index contributed by atoms with van der Waals surface area (Å²) in [5.41, 5.74) is 4.76. The average Bonchev–Trinajstić information content (AvgIpc) is 2.80. The molecule has 1 aliphatic rings. The molecule has 0 unspecified atom stereocenters. The van der Waals surface area contributed by atoms with Crippen molar-refractivity contribution in [3.8, 4) is 11.5 Å². The number of rotatable bonds is 4. The van der Waals surface area contributed by atoms with Crippen LogP contribution in [-0.2, 0) is 14.3 Å². The Hall–Kier alpha value is -4.07. The van der Waals surface area contributed by atoms with Crippen molar-refractivity contribution in [1.82, 2.24) is 10.9 Å². The van der Waals surface area contributed by atoms with Crippen LogP contribution >= 0.6 is 0 Å². The first-order chi connectivity index (χ1) is 14.6. The van der Waals surface area contributed by atoms with Gasteiger partial charge in [-0.05, 0) is 35.0 Å². The van der Waals surface area contributed by atoms with E-state index in [1.807, 2.05) is 24.3 Å². The van der Waals surface area contributed by atoms with E-state index in [0.29, 0.717) is 17.1 Å². The van der Waals surface area contributed by atoms with Gasteiger partial charge in [-0.25, -0.2) is 4.79 Å². The highest BCUT2D eigenvalue weighted by molar-refractivity contribution is 5.96. The van der Waals surface area contributed by atoms with E-state index in [0.717, 1.165) is 10.8 Å². The van der Waals surface area contributed by atoms with Gasteiger partial charge in [0.1, 0.15) is 6.61 Å². The summed E-state index contributed by atoms with van der Waals surface area (Å²) < 4.78 is 16.0. The predicted octanol–water partition coefficient (Wildman–Crippen LogP) is 1.98. The molecule has 3 aromatic carbocycles. The predicted molar refractivity (Wildman–Crippen MR) is 107 cm³/mol. The van der Waals surface area contributed by atoms with Gasteiger partial charge in [-0.15, -0.1) is 0 Å². The van der Waals surface area contributed by atoms with E-state index >= 15 is 0 Å². The molecule has 0 saturated heterocycles. The van der Waals surface area contributed by atoms with E-state index in [9.17, 15) is 14.4 Å². The third kappa shape index (κ3) is 4.33. The zero-order chi connectivity index (χ0) is 20.9. The number of esters is 1. The van der Waals surface area contributed by atoms with Gasteiger partial charge in [0.05, 0.1) is 5.56 Å². The van der Waals surface area contributed by atoms with Crippen molar-refractivity contribution in [1.29, 1.82) is 0 Å². The van der Waals surface area contributed by atoms with E-state index in [4.69, 9.17) is 14.2 Å². The first-order valence-corrected chi connectivity index (χ1v) is 9.23. The number of nitrogens with one attached hydrogen (secondary N) is 2. The smallest absolute Gasteiger partial charge is 0.338 e. The van der Waals surface area contributed by atoms with Crippen LogP contribution in [0.5, 0.6) is 11.5 Å². The summed E-state index contributed by atoms with van der Waals surface area (Å²) in [7, 11) is 0. The molecule has 0 bridgehead atoms. The van der Waals surface area contributed by atoms with Crippen LogP contribution < -0.4 is 20.3 Å². The molecule has 4 rings (SSSR count). The topological polar surface area (TPSA) is 103 Å². The number of hydrogen-bond acceptors (Lipinski definition) is 6. The Balaban J connectivity index is 1.24. The van der Waals surface area contributed by atoms with Crippen LogP contribution in [0.3, 0.4) is 0 Å². The standard InChI is InChI=1S/C22H18N2O6/c25-20(13-29-22(27)16-10-9-14-5-1-2-6-15(14)11-16)23-24-21(26)19-12-28-17-7-3-4-8-18(17)30-19/h1-11,19H,12-13H2,(H,23,25)(H,24,26)/t19-/m0/s1. The number of carbonyl (C=O) groups excluding carboxylic acids is 3. The van der Waals surface area contributed by atoms with Crippen LogP contribution in [0.25, 0.3) is 10.8 Å². The van der Waals surface area contributed by atoms with E-state index in [1.54, 1.807) is 42.5 Å². The molecule has 8 nitrogen and oxygen atoms in total. The molecule has 0 aromatic heterocycles. The van der Waals surface area contributed by atoms with Gasteiger partial charge in [0.2, 0.25) is 6.10 Å². The van der Waals surface area contributed by atoms with Crippen LogP contribution in [0.15, 0.2) is 66.7 Å². The van der Waals surface area contributed by atoms with E-state index in [2.05, 4.69) is 10.9 Å². The number of benzene rings is 3. The summed E-state index contributed by atoms with van der Waals surface area (Å²) in [5, 5.41) is 1.88. The minimum absolute atomic E-state index is 0.00959. The monoisotopic (exact) mass is 406 g/mol. The normalized spacial score (nSPS) is 14.6. The molecule has 30 heavy (non-hydrogen) atoms. The lowest BCUT2D eigenvalue weighted by molar-refractivity contribution is -0.135. The number of hydrogen-bond donors (Lipinski definition) is 2. The minimum atomic E-state index is -0.916. The van der Waals surface area contributed by atoms with Crippen molar-refractivity contribution >= 4 is 28.6 Å². The second-order valence-corrected chi connectivity index (χ2v) is 6.54. The third-order valence-electron chi connectivity index (χ3n) is 4.45. The first-order valence-electron chi connectivity index (χ1n) is 9.23. The maximum Gasteiger partial charge on any atom is 0.338 e. The van der Waals surface area contributed by atoms with Crippen LogP contribution in [0, 0.1) is 0 Å². The Kier molecular flexibility index (Phi) is 5.47. The minimum Gasteiger partial charge on any atom is -0.485 e. The number of ether oxygens (including phenoxy) is 3. The van der Waals surface area contributed by atoms with Gasteiger partial charge in [0.25, 0.3) is 11.8 Å². The van der Waals surface area contributed by atoms with Crippen LogP contribution in [0.1, 0.15) is 10.4 Å².